The van der Waals surface area contributed by atoms with Crippen LogP contribution in [0.2, 0.25) is 0 Å². The number of nitrogens with zero attached hydrogens (tertiary/aromatic N) is 3. The molecule has 1 aliphatic heterocycles. The standard InChI is InChI=1S/C46H33N3O2/c1-4-11-29-22-31-23-30(18-20-44(31)50-28(29)3)39-14-10-17-46(47-39)49-41-16-9-7-13-36(41)38-26-37-35-12-6-8-15-40(35)48(42(37)27-43(38)49)33-19-21-45-32(24-33)25-34(5-2)51-45/h4-21,23-27H,2,22H2,1,3H3/b11-4-. The third-order valence-corrected chi connectivity index (χ3v) is 10.2. The van der Waals surface area contributed by atoms with E-state index in [1.165, 1.54) is 32.7 Å². The van der Waals surface area contributed by atoms with Crippen LogP contribution >= 0.6 is 0 Å². The van der Waals surface area contributed by atoms with E-state index in [0.29, 0.717) is 0 Å². The van der Waals surface area contributed by atoms with E-state index in [4.69, 9.17) is 14.1 Å². The number of furan rings is 1. The van der Waals surface area contributed by atoms with Crippen LogP contribution in [0.5, 0.6) is 5.75 Å². The second kappa shape index (κ2) is 11.2. The second-order valence-corrected chi connectivity index (χ2v) is 13.2. The number of hydrogen-bond acceptors (Lipinski definition) is 3. The van der Waals surface area contributed by atoms with Gasteiger partial charge in [0.15, 0.2) is 0 Å². The van der Waals surface area contributed by atoms with Crippen LogP contribution in [0.25, 0.3) is 83.4 Å². The molecule has 0 atom stereocenters. The molecule has 5 heteroatoms. The molecule has 5 aromatic carbocycles. The first-order valence-corrected chi connectivity index (χ1v) is 17.3. The molecule has 0 radical (unpaired) electrons. The van der Waals surface area contributed by atoms with Crippen LogP contribution in [-0.2, 0) is 6.42 Å². The van der Waals surface area contributed by atoms with Crippen LogP contribution in [0, 0.1) is 0 Å². The summed E-state index contributed by atoms with van der Waals surface area (Å²) >= 11 is 0. The van der Waals surface area contributed by atoms with Crippen molar-refractivity contribution in [3.05, 3.63) is 163 Å². The van der Waals surface area contributed by atoms with Crippen LogP contribution in [0.3, 0.4) is 0 Å². The maximum absolute atomic E-state index is 6.19. The highest BCUT2D eigenvalue weighted by molar-refractivity contribution is 6.19. The maximum Gasteiger partial charge on any atom is 0.138 e. The Hall–Kier alpha value is -6.59. The Balaban J connectivity index is 1.19. The molecule has 51 heavy (non-hydrogen) atoms. The fourth-order valence-electron chi connectivity index (χ4n) is 7.87. The van der Waals surface area contributed by atoms with E-state index in [0.717, 1.165) is 79.5 Å². The van der Waals surface area contributed by atoms with E-state index < -0.39 is 0 Å². The number of rotatable bonds is 5. The normalized spacial score (nSPS) is 13.3. The Morgan fingerprint density at radius 1 is 0.706 bits per heavy atom. The van der Waals surface area contributed by atoms with E-state index in [2.05, 4.69) is 143 Å². The number of fused-ring (bicyclic) bond motifs is 8. The highest BCUT2D eigenvalue weighted by atomic mass is 16.5. The molecule has 0 spiro atoms. The summed E-state index contributed by atoms with van der Waals surface area (Å²) in [6.45, 7) is 7.97. The zero-order valence-electron chi connectivity index (χ0n) is 28.4. The molecule has 0 aliphatic carbocycles. The van der Waals surface area contributed by atoms with Crippen LogP contribution in [-0.4, -0.2) is 14.1 Å². The summed E-state index contributed by atoms with van der Waals surface area (Å²) in [4.78, 5) is 5.32. The topological polar surface area (TPSA) is 45.1 Å². The van der Waals surface area contributed by atoms with Gasteiger partial charge in [-0.3, -0.25) is 4.57 Å². The van der Waals surface area contributed by atoms with Gasteiger partial charge in [0, 0.05) is 44.6 Å². The van der Waals surface area contributed by atoms with E-state index in [1.54, 1.807) is 6.08 Å². The number of aromatic nitrogens is 3. The largest absolute Gasteiger partial charge is 0.461 e. The molecule has 0 unspecified atom stereocenters. The van der Waals surface area contributed by atoms with Crippen molar-refractivity contribution in [2.45, 2.75) is 20.3 Å². The van der Waals surface area contributed by atoms with Gasteiger partial charge in [-0.1, -0.05) is 61.2 Å². The third-order valence-electron chi connectivity index (χ3n) is 10.2. The van der Waals surface area contributed by atoms with E-state index in [1.807, 2.05) is 19.9 Å². The van der Waals surface area contributed by atoms with Crippen LogP contribution in [0.15, 0.2) is 156 Å². The fraction of sp³-hybridized carbons (Fsp3) is 0.0652. The van der Waals surface area contributed by atoms with E-state index in [9.17, 15) is 0 Å². The predicted octanol–water partition coefficient (Wildman–Crippen LogP) is 12.1. The van der Waals surface area contributed by atoms with E-state index >= 15 is 0 Å². The highest BCUT2D eigenvalue weighted by Gasteiger charge is 2.21. The van der Waals surface area contributed by atoms with Gasteiger partial charge in [0.25, 0.3) is 0 Å². The van der Waals surface area contributed by atoms with Crippen molar-refractivity contribution in [1.29, 1.82) is 0 Å². The van der Waals surface area contributed by atoms with Crippen molar-refractivity contribution < 1.29 is 9.15 Å². The Labute approximate surface area is 294 Å². The number of allylic oxidation sites excluding steroid dienone is 4. The summed E-state index contributed by atoms with van der Waals surface area (Å²) in [5.41, 5.74) is 10.8. The Bertz CT molecular complexity index is 2970. The summed E-state index contributed by atoms with van der Waals surface area (Å²) in [5, 5.41) is 5.85. The quantitative estimate of drug-likeness (QED) is 0.185. The third kappa shape index (κ3) is 4.51. The van der Waals surface area contributed by atoms with Crippen molar-refractivity contribution in [2.75, 3.05) is 0 Å². The summed E-state index contributed by atoms with van der Waals surface area (Å²) in [6.07, 6.45) is 6.78. The predicted molar refractivity (Wildman–Crippen MR) is 210 cm³/mol. The van der Waals surface area contributed by atoms with Crippen LogP contribution in [0.4, 0.5) is 0 Å². The highest BCUT2D eigenvalue weighted by Crippen LogP contribution is 2.40. The molecule has 0 saturated carbocycles. The van der Waals surface area contributed by atoms with Crippen molar-refractivity contribution >= 4 is 60.7 Å². The minimum absolute atomic E-state index is 0.763. The molecular weight excluding hydrogens is 627 g/mol. The van der Waals surface area contributed by atoms with Crippen molar-refractivity contribution in [1.82, 2.24) is 14.1 Å². The maximum atomic E-state index is 6.19. The number of hydrogen-bond donors (Lipinski definition) is 0. The lowest BCUT2D eigenvalue weighted by atomic mass is 9.97. The van der Waals surface area contributed by atoms with Crippen LogP contribution < -0.4 is 4.74 Å². The lowest BCUT2D eigenvalue weighted by Gasteiger charge is -2.21. The first-order chi connectivity index (χ1) is 25.1. The molecule has 0 amide bonds. The van der Waals surface area contributed by atoms with Gasteiger partial charge in [-0.05, 0) is 110 Å². The fourth-order valence-corrected chi connectivity index (χ4v) is 7.87. The SMILES string of the molecule is C=Cc1cc2cc(-n3c4ccccc4c4cc5c6ccccc6n(-c6cccc(-c7ccc8c(c7)CC(/C=C\C)=C(C)O8)n6)c5cc43)ccc2o1. The van der Waals surface area contributed by atoms with Gasteiger partial charge < -0.3 is 13.7 Å². The van der Waals surface area contributed by atoms with Crippen molar-refractivity contribution in [3.8, 4) is 28.5 Å². The lowest BCUT2D eigenvalue weighted by molar-refractivity contribution is 0.406. The van der Waals surface area contributed by atoms with Crippen molar-refractivity contribution in [3.63, 3.8) is 0 Å². The number of pyridine rings is 1. The zero-order valence-corrected chi connectivity index (χ0v) is 28.4. The minimum Gasteiger partial charge on any atom is -0.461 e. The van der Waals surface area contributed by atoms with Crippen LogP contribution in [0.1, 0.15) is 25.2 Å². The van der Waals surface area contributed by atoms with Gasteiger partial charge >= 0.3 is 0 Å². The molecule has 0 fully saturated rings. The molecule has 10 rings (SSSR count). The summed E-state index contributed by atoms with van der Waals surface area (Å²) in [5.74, 6) is 3.50. The Kier molecular flexibility index (Phi) is 6.46. The first kappa shape index (κ1) is 29.3. The minimum atomic E-state index is 0.763. The molecule has 4 aromatic heterocycles. The molecule has 5 nitrogen and oxygen atoms in total. The van der Waals surface area contributed by atoms with Gasteiger partial charge in [0.05, 0.1) is 27.8 Å². The summed E-state index contributed by atoms with van der Waals surface area (Å²) in [6, 6.07) is 43.1. The van der Waals surface area contributed by atoms with Crippen molar-refractivity contribution in [2.24, 2.45) is 0 Å². The van der Waals surface area contributed by atoms with Gasteiger partial charge in [-0.25, -0.2) is 4.98 Å². The molecule has 0 bridgehead atoms. The second-order valence-electron chi connectivity index (χ2n) is 13.2. The summed E-state index contributed by atoms with van der Waals surface area (Å²) < 4.78 is 16.8. The average molecular weight is 660 g/mol. The summed E-state index contributed by atoms with van der Waals surface area (Å²) in [7, 11) is 0. The molecule has 1 aliphatic rings. The monoisotopic (exact) mass is 659 g/mol. The number of ether oxygens (including phenoxy) is 1. The first-order valence-electron chi connectivity index (χ1n) is 17.3. The van der Waals surface area contributed by atoms with E-state index in [-0.39, 0.29) is 0 Å². The average Bonchev–Trinajstić information content (AvgIpc) is 3.83. The molecule has 5 heterocycles. The zero-order chi connectivity index (χ0) is 34.2. The van der Waals surface area contributed by atoms with Gasteiger partial charge in [-0.2, -0.15) is 0 Å². The molecular formula is C46H33N3O2. The smallest absolute Gasteiger partial charge is 0.138 e. The van der Waals surface area contributed by atoms with Gasteiger partial charge in [0.2, 0.25) is 0 Å². The molecule has 9 aromatic rings. The van der Waals surface area contributed by atoms with Gasteiger partial charge in [0.1, 0.15) is 28.7 Å². The molecule has 0 saturated heterocycles. The Morgan fingerprint density at radius 2 is 1.47 bits per heavy atom. The molecule has 244 valence electrons. The lowest BCUT2D eigenvalue weighted by Crippen LogP contribution is -2.07. The molecule has 0 N–H and O–H groups in total. The Morgan fingerprint density at radius 3 is 2.25 bits per heavy atom. The van der Waals surface area contributed by atoms with Gasteiger partial charge in [-0.15, -0.1) is 0 Å². The number of benzene rings is 5. The number of para-hydroxylation sites is 2.